The van der Waals surface area contributed by atoms with E-state index >= 15 is 0 Å². The van der Waals surface area contributed by atoms with E-state index in [0.717, 1.165) is 11.3 Å². The minimum absolute atomic E-state index is 0.0625. The predicted octanol–water partition coefficient (Wildman–Crippen LogP) is 4.86. The topological polar surface area (TPSA) is 50.4 Å². The first-order chi connectivity index (χ1) is 12.7. The number of fused-ring (bicyclic) bond motifs is 3. The third-order valence-corrected chi connectivity index (χ3v) is 4.70. The minimum atomic E-state index is -0.493. The molecule has 0 atom stereocenters. The first-order valence-corrected chi connectivity index (χ1v) is 8.66. The van der Waals surface area contributed by atoms with Gasteiger partial charge in [-0.05, 0) is 41.3 Å². The van der Waals surface area contributed by atoms with Gasteiger partial charge in [-0.1, -0.05) is 66.2 Å². The molecule has 0 radical (unpaired) electrons. The van der Waals surface area contributed by atoms with E-state index in [2.05, 4.69) is 35.1 Å². The Morgan fingerprint density at radius 2 is 1.46 bits per heavy atom. The van der Waals surface area contributed by atoms with Crippen LogP contribution in [0.2, 0.25) is 0 Å². The van der Waals surface area contributed by atoms with Crippen LogP contribution in [0.5, 0.6) is 0 Å². The normalized spacial score (nSPS) is 12.2. The van der Waals surface area contributed by atoms with Crippen molar-refractivity contribution in [2.24, 2.45) is 0 Å². The lowest BCUT2D eigenvalue weighted by Gasteiger charge is -2.15. The second kappa shape index (κ2) is 6.92. The Bertz CT molecular complexity index is 889. The molecule has 0 fully saturated rings. The van der Waals surface area contributed by atoms with Gasteiger partial charge in [0.15, 0.2) is 0 Å². The summed E-state index contributed by atoms with van der Waals surface area (Å²) in [5.41, 5.74) is 12.3. The van der Waals surface area contributed by atoms with Crippen LogP contribution in [0.3, 0.4) is 0 Å². The fraction of sp³-hybridized carbons (Fsp3) is 0.136. The number of rotatable bonds is 4. The van der Waals surface area contributed by atoms with E-state index in [9.17, 15) is 4.79 Å². The number of benzene rings is 3. The second-order valence-corrected chi connectivity index (χ2v) is 6.44. The van der Waals surface area contributed by atoms with Crippen molar-refractivity contribution in [2.75, 3.05) is 12.0 Å². The molecular weight excluding hydrogens is 324 g/mol. The summed E-state index contributed by atoms with van der Waals surface area (Å²) >= 11 is 0. The molecule has 0 unspecified atom stereocenters. The molecule has 0 bridgehead atoms. The number of amides is 1. The molecule has 3 aromatic rings. The van der Waals surface area contributed by atoms with E-state index in [1.54, 1.807) is 0 Å². The summed E-state index contributed by atoms with van der Waals surface area (Å²) in [6.45, 7) is 2.32. The molecule has 2 N–H and O–H groups in total. The summed E-state index contributed by atoms with van der Waals surface area (Å²) in [6.07, 6.45) is -0.493. The van der Waals surface area contributed by atoms with Crippen molar-refractivity contribution in [3.8, 4) is 11.1 Å². The lowest BCUT2D eigenvalue weighted by atomic mass is 9.98. The number of nitrogens with one attached hydrogen (secondary N) is 2. The van der Waals surface area contributed by atoms with E-state index in [1.807, 2.05) is 55.5 Å². The molecule has 3 aromatic carbocycles. The van der Waals surface area contributed by atoms with Crippen LogP contribution in [-0.4, -0.2) is 12.7 Å². The number of carbonyl (C=O) groups is 1. The maximum atomic E-state index is 12.1. The van der Waals surface area contributed by atoms with Crippen LogP contribution in [0.25, 0.3) is 11.1 Å². The molecule has 0 spiro atoms. The SMILES string of the molecule is Cc1ccc(NNC(=O)OCC2c3ccccc3-c3ccccc32)cc1. The van der Waals surface area contributed by atoms with Gasteiger partial charge in [0, 0.05) is 5.92 Å². The molecule has 0 saturated carbocycles. The van der Waals surface area contributed by atoms with Crippen molar-refractivity contribution >= 4 is 11.8 Å². The van der Waals surface area contributed by atoms with Crippen LogP contribution in [0.4, 0.5) is 10.5 Å². The van der Waals surface area contributed by atoms with Gasteiger partial charge >= 0.3 is 6.09 Å². The van der Waals surface area contributed by atoms with Crippen molar-refractivity contribution in [1.82, 2.24) is 5.43 Å². The molecule has 130 valence electrons. The number of hydrogen-bond donors (Lipinski definition) is 2. The van der Waals surface area contributed by atoms with Gasteiger partial charge in [0.1, 0.15) is 6.61 Å². The van der Waals surface area contributed by atoms with E-state index in [-0.39, 0.29) is 5.92 Å². The van der Waals surface area contributed by atoms with Crippen molar-refractivity contribution in [2.45, 2.75) is 12.8 Å². The molecular formula is C22H20N2O2. The average molecular weight is 344 g/mol. The van der Waals surface area contributed by atoms with Crippen LogP contribution in [0.15, 0.2) is 72.8 Å². The number of anilines is 1. The summed E-state index contributed by atoms with van der Waals surface area (Å²) in [5.74, 6) is 0.0625. The van der Waals surface area contributed by atoms with Gasteiger partial charge in [0.25, 0.3) is 0 Å². The average Bonchev–Trinajstić information content (AvgIpc) is 3.00. The molecule has 0 aromatic heterocycles. The molecule has 4 heteroatoms. The van der Waals surface area contributed by atoms with Crippen molar-refractivity contribution < 1.29 is 9.53 Å². The van der Waals surface area contributed by atoms with E-state index in [4.69, 9.17) is 4.74 Å². The van der Waals surface area contributed by atoms with Gasteiger partial charge in [-0.2, -0.15) is 0 Å². The Balaban J connectivity index is 1.41. The highest BCUT2D eigenvalue weighted by Gasteiger charge is 2.28. The second-order valence-electron chi connectivity index (χ2n) is 6.44. The molecule has 26 heavy (non-hydrogen) atoms. The van der Waals surface area contributed by atoms with Crippen LogP contribution in [0.1, 0.15) is 22.6 Å². The van der Waals surface area contributed by atoms with Crippen molar-refractivity contribution in [1.29, 1.82) is 0 Å². The fourth-order valence-corrected chi connectivity index (χ4v) is 3.39. The number of carbonyl (C=O) groups excluding carboxylic acids is 1. The number of ether oxygens (including phenoxy) is 1. The van der Waals surface area contributed by atoms with Crippen LogP contribution < -0.4 is 10.9 Å². The number of aryl methyl sites for hydroxylation is 1. The maximum Gasteiger partial charge on any atom is 0.425 e. The molecule has 4 nitrogen and oxygen atoms in total. The zero-order valence-corrected chi connectivity index (χ0v) is 14.5. The van der Waals surface area contributed by atoms with Gasteiger partial charge in [-0.15, -0.1) is 0 Å². The van der Waals surface area contributed by atoms with Crippen molar-refractivity contribution in [3.63, 3.8) is 0 Å². The summed E-state index contributed by atoms with van der Waals surface area (Å²) in [5, 5.41) is 0. The Morgan fingerprint density at radius 1 is 0.885 bits per heavy atom. The Labute approximate surface area is 152 Å². The highest BCUT2D eigenvalue weighted by atomic mass is 16.6. The Morgan fingerprint density at radius 3 is 2.08 bits per heavy atom. The molecule has 1 aliphatic rings. The molecule has 1 aliphatic carbocycles. The predicted molar refractivity (Wildman–Crippen MR) is 103 cm³/mol. The third kappa shape index (κ3) is 3.14. The van der Waals surface area contributed by atoms with Gasteiger partial charge in [0.2, 0.25) is 0 Å². The van der Waals surface area contributed by atoms with Gasteiger partial charge < -0.3 is 4.74 Å². The number of hydrazine groups is 1. The standard InChI is InChI=1S/C22H20N2O2/c1-15-10-12-16(13-11-15)23-24-22(25)26-14-21-19-8-4-2-6-17(19)18-7-3-5-9-20(18)21/h2-13,21,23H,14H2,1H3,(H,24,25). The summed E-state index contributed by atoms with van der Waals surface area (Å²) in [7, 11) is 0. The van der Waals surface area contributed by atoms with Crippen LogP contribution in [-0.2, 0) is 4.74 Å². The molecule has 1 amide bonds. The third-order valence-electron chi connectivity index (χ3n) is 4.70. The largest absolute Gasteiger partial charge is 0.447 e. The Hall–Kier alpha value is -3.27. The zero-order chi connectivity index (χ0) is 17.9. The highest BCUT2D eigenvalue weighted by molar-refractivity contribution is 5.79. The molecule has 0 aliphatic heterocycles. The van der Waals surface area contributed by atoms with E-state index < -0.39 is 6.09 Å². The Kier molecular flexibility index (Phi) is 4.32. The smallest absolute Gasteiger partial charge is 0.425 e. The van der Waals surface area contributed by atoms with Gasteiger partial charge in [-0.3, -0.25) is 5.43 Å². The lowest BCUT2D eigenvalue weighted by molar-refractivity contribution is 0.145. The number of hydrogen-bond acceptors (Lipinski definition) is 3. The van der Waals surface area contributed by atoms with Gasteiger partial charge in [-0.25, -0.2) is 10.2 Å². The van der Waals surface area contributed by atoms with Gasteiger partial charge in [0.05, 0.1) is 5.69 Å². The fourth-order valence-electron chi connectivity index (χ4n) is 3.39. The first-order valence-electron chi connectivity index (χ1n) is 8.66. The van der Waals surface area contributed by atoms with Crippen molar-refractivity contribution in [3.05, 3.63) is 89.5 Å². The summed E-state index contributed by atoms with van der Waals surface area (Å²) < 4.78 is 5.47. The zero-order valence-electron chi connectivity index (χ0n) is 14.5. The summed E-state index contributed by atoms with van der Waals surface area (Å²) in [6, 6.07) is 24.3. The molecule has 4 rings (SSSR count). The van der Waals surface area contributed by atoms with Crippen LogP contribution >= 0.6 is 0 Å². The highest BCUT2D eigenvalue weighted by Crippen LogP contribution is 2.44. The van der Waals surface area contributed by atoms with E-state index in [1.165, 1.54) is 22.3 Å². The lowest BCUT2D eigenvalue weighted by Crippen LogP contribution is -2.31. The summed E-state index contributed by atoms with van der Waals surface area (Å²) in [4.78, 5) is 12.1. The molecule has 0 heterocycles. The monoisotopic (exact) mass is 344 g/mol. The van der Waals surface area contributed by atoms with E-state index in [0.29, 0.717) is 6.61 Å². The quantitative estimate of drug-likeness (QED) is 0.665. The molecule has 0 saturated heterocycles. The van der Waals surface area contributed by atoms with Crippen LogP contribution in [0, 0.1) is 6.92 Å². The minimum Gasteiger partial charge on any atom is -0.447 e. The maximum absolute atomic E-state index is 12.1. The first kappa shape index (κ1) is 16.2.